The summed E-state index contributed by atoms with van der Waals surface area (Å²) in [4.78, 5) is 12.3. The predicted octanol–water partition coefficient (Wildman–Crippen LogP) is 6.34. The van der Waals surface area contributed by atoms with Gasteiger partial charge in [0.2, 0.25) is 0 Å². The first-order chi connectivity index (χ1) is 16.5. The lowest BCUT2D eigenvalue weighted by Crippen LogP contribution is -2.03. The van der Waals surface area contributed by atoms with Crippen molar-refractivity contribution in [1.29, 1.82) is 0 Å². The van der Waals surface area contributed by atoms with Crippen LogP contribution in [0.2, 0.25) is 5.02 Å². The van der Waals surface area contributed by atoms with Gasteiger partial charge in [-0.05, 0) is 69.4 Å². The predicted molar refractivity (Wildman–Crippen MR) is 128 cm³/mol. The number of nitrogens with zero attached hydrogens (tertiary/aromatic N) is 5. The van der Waals surface area contributed by atoms with Crippen molar-refractivity contribution in [3.05, 3.63) is 71.4 Å². The SMILES string of the molecule is C1CCOCC1.Cc1ccc2c(-c3ccc(Cl)c(F)c3F)ncnc2n1.c1cnn(C2CC2)c1. The van der Waals surface area contributed by atoms with Gasteiger partial charge < -0.3 is 4.74 Å². The third-order valence-corrected chi connectivity index (χ3v) is 5.74. The maximum atomic E-state index is 14.0. The summed E-state index contributed by atoms with van der Waals surface area (Å²) >= 11 is 5.55. The molecule has 4 aromatic rings. The number of rotatable bonds is 2. The van der Waals surface area contributed by atoms with Crippen LogP contribution in [-0.2, 0) is 4.74 Å². The molecule has 2 fully saturated rings. The standard InChI is InChI=1S/C14H8ClF2N3.C6H8N2.C5H10O/c1-7-2-3-9-13(18-6-19-14(9)20-7)8-4-5-10(15)12(17)11(8)16;1-4-7-8(5-1)6-2-3-6;1-2-4-6-5-3-1/h2-6H,1H3;1,4-6H,2-3H2;1-5H2. The van der Waals surface area contributed by atoms with E-state index in [1.54, 1.807) is 12.1 Å². The summed E-state index contributed by atoms with van der Waals surface area (Å²) in [7, 11) is 0. The molecule has 34 heavy (non-hydrogen) atoms. The molecule has 2 aliphatic rings. The molecule has 4 heterocycles. The van der Waals surface area contributed by atoms with Crippen LogP contribution in [0.25, 0.3) is 22.3 Å². The van der Waals surface area contributed by atoms with Gasteiger partial charge in [0.1, 0.15) is 6.33 Å². The summed E-state index contributed by atoms with van der Waals surface area (Å²) in [6.45, 7) is 3.82. The largest absolute Gasteiger partial charge is 0.381 e. The van der Waals surface area contributed by atoms with Gasteiger partial charge in [-0.3, -0.25) is 4.68 Å². The smallest absolute Gasteiger partial charge is 0.178 e. The summed E-state index contributed by atoms with van der Waals surface area (Å²) < 4.78 is 34.7. The van der Waals surface area contributed by atoms with E-state index >= 15 is 0 Å². The van der Waals surface area contributed by atoms with E-state index in [1.807, 2.05) is 30.1 Å². The normalized spacial score (nSPS) is 15.2. The van der Waals surface area contributed by atoms with Crippen LogP contribution >= 0.6 is 11.6 Å². The zero-order valence-electron chi connectivity index (χ0n) is 18.9. The maximum absolute atomic E-state index is 14.0. The number of hydrogen-bond acceptors (Lipinski definition) is 5. The molecule has 6 rings (SSSR count). The third-order valence-electron chi connectivity index (χ3n) is 5.45. The minimum absolute atomic E-state index is 0.0324. The summed E-state index contributed by atoms with van der Waals surface area (Å²) in [6, 6.07) is 8.90. The zero-order chi connectivity index (χ0) is 23.9. The van der Waals surface area contributed by atoms with Crippen molar-refractivity contribution in [2.24, 2.45) is 0 Å². The molecule has 1 aliphatic carbocycles. The highest BCUT2D eigenvalue weighted by Gasteiger charge is 2.23. The number of aryl methyl sites for hydroxylation is 1. The fourth-order valence-corrected chi connectivity index (χ4v) is 3.63. The quantitative estimate of drug-likeness (QED) is 0.310. The summed E-state index contributed by atoms with van der Waals surface area (Å²) in [5.74, 6) is -2.12. The molecule has 1 aromatic carbocycles. The highest BCUT2D eigenvalue weighted by molar-refractivity contribution is 6.30. The zero-order valence-corrected chi connectivity index (χ0v) is 19.7. The van der Waals surface area contributed by atoms with E-state index < -0.39 is 11.6 Å². The van der Waals surface area contributed by atoms with Crippen LogP contribution in [0.1, 0.15) is 43.8 Å². The molecule has 0 radical (unpaired) electrons. The van der Waals surface area contributed by atoms with Gasteiger partial charge >= 0.3 is 0 Å². The van der Waals surface area contributed by atoms with Gasteiger partial charge in [0.15, 0.2) is 17.3 Å². The monoisotopic (exact) mass is 485 g/mol. The van der Waals surface area contributed by atoms with E-state index in [2.05, 4.69) is 20.1 Å². The lowest BCUT2D eigenvalue weighted by atomic mass is 10.1. The first-order valence-corrected chi connectivity index (χ1v) is 11.7. The highest BCUT2D eigenvalue weighted by Crippen LogP contribution is 2.33. The Morgan fingerprint density at radius 1 is 1.00 bits per heavy atom. The minimum Gasteiger partial charge on any atom is -0.381 e. The van der Waals surface area contributed by atoms with E-state index in [1.165, 1.54) is 50.6 Å². The van der Waals surface area contributed by atoms with Crippen molar-refractivity contribution in [3.8, 4) is 11.3 Å². The molecule has 0 bridgehead atoms. The fraction of sp³-hybridized carbons (Fsp3) is 0.360. The molecule has 0 atom stereocenters. The molecule has 178 valence electrons. The van der Waals surface area contributed by atoms with Gasteiger partial charge in [-0.2, -0.15) is 5.10 Å². The van der Waals surface area contributed by atoms with Crippen molar-refractivity contribution in [1.82, 2.24) is 24.7 Å². The Morgan fingerprint density at radius 2 is 1.79 bits per heavy atom. The second-order valence-corrected chi connectivity index (χ2v) is 8.57. The van der Waals surface area contributed by atoms with Crippen molar-refractivity contribution >= 4 is 22.6 Å². The second kappa shape index (κ2) is 11.4. The summed E-state index contributed by atoms with van der Waals surface area (Å²) in [5.41, 5.74) is 1.54. The van der Waals surface area contributed by atoms with Gasteiger partial charge in [0.25, 0.3) is 0 Å². The van der Waals surface area contributed by atoms with E-state index in [4.69, 9.17) is 16.3 Å². The Balaban J connectivity index is 0.000000158. The molecule has 9 heteroatoms. The minimum atomic E-state index is -1.09. The van der Waals surface area contributed by atoms with Crippen molar-refractivity contribution in [2.45, 2.75) is 45.1 Å². The number of pyridine rings is 1. The highest BCUT2D eigenvalue weighted by atomic mass is 35.5. The first-order valence-electron chi connectivity index (χ1n) is 11.3. The van der Waals surface area contributed by atoms with E-state index in [0.717, 1.165) is 24.9 Å². The van der Waals surface area contributed by atoms with Gasteiger partial charge in [-0.1, -0.05) is 11.6 Å². The topological polar surface area (TPSA) is 65.7 Å². The van der Waals surface area contributed by atoms with E-state index in [9.17, 15) is 8.78 Å². The Kier molecular flexibility index (Phi) is 8.13. The fourth-order valence-electron chi connectivity index (χ4n) is 3.48. The molecule has 3 aromatic heterocycles. The van der Waals surface area contributed by atoms with Crippen LogP contribution < -0.4 is 0 Å². The van der Waals surface area contributed by atoms with E-state index in [0.29, 0.717) is 11.0 Å². The molecule has 0 N–H and O–H groups in total. The van der Waals surface area contributed by atoms with Crippen LogP contribution in [0, 0.1) is 18.6 Å². The molecule has 6 nitrogen and oxygen atoms in total. The summed E-state index contributed by atoms with van der Waals surface area (Å²) in [5, 5.41) is 4.38. The molecule has 1 saturated heterocycles. The summed E-state index contributed by atoms with van der Waals surface area (Å²) in [6.07, 6.45) is 11.7. The lowest BCUT2D eigenvalue weighted by molar-refractivity contribution is 0.0968. The Hall–Kier alpha value is -2.97. The second-order valence-electron chi connectivity index (χ2n) is 8.16. The van der Waals surface area contributed by atoms with Crippen molar-refractivity contribution in [3.63, 3.8) is 0 Å². The molecular formula is C25H26ClF2N5O. The van der Waals surface area contributed by atoms with Gasteiger partial charge in [0, 0.05) is 42.3 Å². The Labute approximate surface area is 202 Å². The van der Waals surface area contributed by atoms with Gasteiger partial charge in [-0.15, -0.1) is 0 Å². The molecule has 1 saturated carbocycles. The Morgan fingerprint density at radius 3 is 2.41 bits per heavy atom. The van der Waals surface area contributed by atoms with Gasteiger partial charge in [0.05, 0.1) is 16.8 Å². The van der Waals surface area contributed by atoms with Crippen LogP contribution in [0.3, 0.4) is 0 Å². The van der Waals surface area contributed by atoms with Crippen molar-refractivity contribution in [2.75, 3.05) is 13.2 Å². The number of fused-ring (bicyclic) bond motifs is 1. The first kappa shape index (κ1) is 24.2. The molecule has 1 aliphatic heterocycles. The average molecular weight is 486 g/mol. The number of aromatic nitrogens is 5. The number of halogens is 3. The van der Waals surface area contributed by atoms with Crippen LogP contribution in [0.5, 0.6) is 0 Å². The van der Waals surface area contributed by atoms with Crippen LogP contribution in [0.4, 0.5) is 8.78 Å². The molecule has 0 unspecified atom stereocenters. The maximum Gasteiger partial charge on any atom is 0.178 e. The number of hydrogen-bond donors (Lipinski definition) is 0. The van der Waals surface area contributed by atoms with Gasteiger partial charge in [-0.25, -0.2) is 23.7 Å². The van der Waals surface area contributed by atoms with Crippen LogP contribution in [0.15, 0.2) is 49.1 Å². The molecule has 0 amide bonds. The molecular weight excluding hydrogens is 460 g/mol. The number of ether oxygens (including phenoxy) is 1. The Bertz CT molecular complexity index is 1220. The molecule has 0 spiro atoms. The average Bonchev–Trinajstić information content (AvgIpc) is 3.58. The van der Waals surface area contributed by atoms with E-state index in [-0.39, 0.29) is 16.3 Å². The van der Waals surface area contributed by atoms with Crippen LogP contribution in [-0.4, -0.2) is 37.9 Å². The third kappa shape index (κ3) is 6.12. The number of benzene rings is 1. The van der Waals surface area contributed by atoms with Crippen molar-refractivity contribution < 1.29 is 13.5 Å². The lowest BCUT2D eigenvalue weighted by Gasteiger charge is -2.08.